The molecule has 7 atom stereocenters. The van der Waals surface area contributed by atoms with Crippen LogP contribution >= 0.6 is 0 Å². The van der Waals surface area contributed by atoms with Crippen molar-refractivity contribution in [1.29, 1.82) is 0 Å². The Balaban J connectivity index is 1.44. The summed E-state index contributed by atoms with van der Waals surface area (Å²) in [4.78, 5) is 0.876. The van der Waals surface area contributed by atoms with E-state index >= 15 is 0 Å². The van der Waals surface area contributed by atoms with Gasteiger partial charge in [0.1, 0.15) is 0 Å². The molecule has 0 aromatic heterocycles. The van der Waals surface area contributed by atoms with E-state index < -0.39 is 21.7 Å². The van der Waals surface area contributed by atoms with Gasteiger partial charge in [-0.25, -0.2) is 0 Å². The van der Waals surface area contributed by atoms with Gasteiger partial charge in [0.15, 0.2) is 0 Å². The molecule has 3 aliphatic carbocycles. The molecule has 33 heavy (non-hydrogen) atoms. The minimum Gasteiger partial charge on any atom is -0.393 e. The number of hydrogen-bond donors (Lipinski definition) is 2. The number of allylic oxidation sites excluding steroid dienone is 3. The van der Waals surface area contributed by atoms with Gasteiger partial charge in [-0.1, -0.05) is 55.3 Å². The van der Waals surface area contributed by atoms with Crippen LogP contribution in [0.5, 0.6) is 0 Å². The molecule has 0 amide bonds. The first-order valence-electron chi connectivity index (χ1n) is 12.8. The molecular weight excluding hydrogens is 428 g/mol. The fraction of sp³-hybridized carbons (Fsp3) is 0.621. The molecule has 4 heteroatoms. The van der Waals surface area contributed by atoms with Gasteiger partial charge in [0.05, 0.1) is 12.2 Å². The predicted octanol–water partition coefficient (Wildman–Crippen LogP) is 5.76. The third-order valence-electron chi connectivity index (χ3n) is 8.87. The second kappa shape index (κ2) is 10.1. The number of aliphatic hydroxyl groups excluding tert-OH is 2. The zero-order valence-electron chi connectivity index (χ0n) is 20.4. The SMILES string of the molecule is C=S(=O)(CC[C@@H](C)[C@H]1CC[C@H]2/C(=C/C=C3C[C@@H](O)C[C@H](O)C3)CCC[C@]12C)c1ccccc1. The van der Waals surface area contributed by atoms with Crippen LogP contribution in [0.4, 0.5) is 0 Å². The maximum Gasteiger partial charge on any atom is 0.0602 e. The molecule has 1 aromatic carbocycles. The lowest BCUT2D eigenvalue weighted by Gasteiger charge is -2.44. The van der Waals surface area contributed by atoms with Crippen LogP contribution in [0.2, 0.25) is 0 Å². The van der Waals surface area contributed by atoms with Crippen molar-refractivity contribution in [3.63, 3.8) is 0 Å². The average Bonchev–Trinajstić information content (AvgIpc) is 3.13. The summed E-state index contributed by atoms with van der Waals surface area (Å²) in [7, 11) is -2.23. The van der Waals surface area contributed by atoms with Crippen molar-refractivity contribution in [1.82, 2.24) is 0 Å². The molecule has 0 aliphatic heterocycles. The van der Waals surface area contributed by atoms with Gasteiger partial charge in [-0.15, -0.1) is 0 Å². The van der Waals surface area contributed by atoms with Crippen molar-refractivity contribution in [2.75, 3.05) is 5.75 Å². The van der Waals surface area contributed by atoms with Crippen molar-refractivity contribution in [2.24, 2.45) is 23.2 Å². The largest absolute Gasteiger partial charge is 0.393 e. The monoisotopic (exact) mass is 470 g/mol. The van der Waals surface area contributed by atoms with Crippen LogP contribution in [0.1, 0.15) is 71.6 Å². The Kier molecular flexibility index (Phi) is 7.57. The third-order valence-corrected chi connectivity index (χ3v) is 10.9. The molecule has 2 N–H and O–H groups in total. The zero-order chi connectivity index (χ0) is 23.6. The van der Waals surface area contributed by atoms with Gasteiger partial charge in [0.2, 0.25) is 0 Å². The molecule has 0 radical (unpaired) electrons. The zero-order valence-corrected chi connectivity index (χ0v) is 21.2. The first-order valence-corrected chi connectivity index (χ1v) is 14.7. The normalized spacial score (nSPS) is 36.2. The summed E-state index contributed by atoms with van der Waals surface area (Å²) in [5.41, 5.74) is 3.04. The van der Waals surface area contributed by atoms with Gasteiger partial charge in [-0.3, -0.25) is 4.21 Å². The van der Waals surface area contributed by atoms with E-state index in [1.165, 1.54) is 31.3 Å². The highest BCUT2D eigenvalue weighted by molar-refractivity contribution is 8.00. The van der Waals surface area contributed by atoms with E-state index in [1.54, 1.807) is 5.57 Å². The van der Waals surface area contributed by atoms with Gasteiger partial charge in [0, 0.05) is 10.6 Å². The Bertz CT molecular complexity index is 965. The lowest BCUT2D eigenvalue weighted by atomic mass is 9.61. The lowest BCUT2D eigenvalue weighted by molar-refractivity contribution is 0.0609. The van der Waals surface area contributed by atoms with Gasteiger partial charge in [0.25, 0.3) is 0 Å². The average molecular weight is 471 g/mol. The molecule has 3 aliphatic rings. The summed E-state index contributed by atoms with van der Waals surface area (Å²) in [6.45, 7) is 4.86. The summed E-state index contributed by atoms with van der Waals surface area (Å²) < 4.78 is 13.2. The second-order valence-corrected chi connectivity index (χ2v) is 13.7. The first kappa shape index (κ1) is 24.8. The molecule has 1 unspecified atom stereocenters. The van der Waals surface area contributed by atoms with Crippen LogP contribution in [-0.4, -0.2) is 38.3 Å². The van der Waals surface area contributed by atoms with Crippen LogP contribution in [0.25, 0.3) is 0 Å². The minimum absolute atomic E-state index is 0.308. The summed E-state index contributed by atoms with van der Waals surface area (Å²) in [6.07, 6.45) is 12.7. The summed E-state index contributed by atoms with van der Waals surface area (Å²) >= 11 is 0. The van der Waals surface area contributed by atoms with Gasteiger partial charge < -0.3 is 10.2 Å². The molecule has 4 rings (SSSR count). The van der Waals surface area contributed by atoms with E-state index in [4.69, 9.17) is 0 Å². The van der Waals surface area contributed by atoms with E-state index in [9.17, 15) is 14.4 Å². The van der Waals surface area contributed by atoms with Gasteiger partial charge in [-0.2, -0.15) is 0 Å². The fourth-order valence-corrected chi connectivity index (χ4v) is 8.75. The van der Waals surface area contributed by atoms with Crippen LogP contribution in [0.15, 0.2) is 58.5 Å². The Hall–Kier alpha value is -1.36. The molecule has 3 nitrogen and oxygen atoms in total. The van der Waals surface area contributed by atoms with E-state index in [2.05, 4.69) is 31.9 Å². The molecule has 0 saturated heterocycles. The Morgan fingerprint density at radius 3 is 2.55 bits per heavy atom. The Labute approximate surface area is 201 Å². The van der Waals surface area contributed by atoms with Crippen molar-refractivity contribution >= 4 is 15.4 Å². The smallest absolute Gasteiger partial charge is 0.0602 e. The minimum atomic E-state index is -2.23. The number of aliphatic hydroxyl groups is 2. The van der Waals surface area contributed by atoms with Crippen LogP contribution < -0.4 is 0 Å². The fourth-order valence-electron chi connectivity index (χ4n) is 7.11. The van der Waals surface area contributed by atoms with Crippen LogP contribution in [0, 0.1) is 23.2 Å². The van der Waals surface area contributed by atoms with E-state index in [-0.39, 0.29) is 0 Å². The predicted molar refractivity (Wildman–Crippen MR) is 139 cm³/mol. The third kappa shape index (κ3) is 5.49. The molecule has 0 bridgehead atoms. The first-order chi connectivity index (χ1) is 15.7. The van der Waals surface area contributed by atoms with Gasteiger partial charge >= 0.3 is 0 Å². The van der Waals surface area contributed by atoms with Crippen LogP contribution in [-0.2, 0) is 9.52 Å². The van der Waals surface area contributed by atoms with Crippen molar-refractivity contribution in [3.8, 4) is 0 Å². The molecular formula is C29H42O3S. The number of hydrogen-bond acceptors (Lipinski definition) is 3. The quantitative estimate of drug-likeness (QED) is 0.520. The molecule has 0 spiro atoms. The summed E-state index contributed by atoms with van der Waals surface area (Å²) in [5.74, 6) is 6.58. The van der Waals surface area contributed by atoms with Crippen molar-refractivity contribution in [3.05, 3.63) is 53.6 Å². The summed E-state index contributed by atoms with van der Waals surface area (Å²) in [5, 5.41) is 20.0. The Morgan fingerprint density at radius 1 is 1.15 bits per heavy atom. The van der Waals surface area contributed by atoms with Gasteiger partial charge in [-0.05, 0) is 108 Å². The topological polar surface area (TPSA) is 57.5 Å². The standard InChI is InChI=1S/C29H42O3S/c1-21(15-17-33(3,32)26-9-5-4-6-10-26)27-13-14-28-23(8-7-16-29(27,28)2)12-11-22-18-24(30)20-25(31)19-22/h4-6,9-12,21,24-25,27-28,30-31H,3,7-8,13-20H2,1-2H3/b23-12+/t21-,24-,25-,27-,28+,29-,33?/m1/s1. The number of benzene rings is 1. The van der Waals surface area contributed by atoms with Crippen LogP contribution in [0.3, 0.4) is 0 Å². The van der Waals surface area contributed by atoms with E-state index in [0.717, 1.165) is 17.7 Å². The highest BCUT2D eigenvalue weighted by Crippen LogP contribution is 2.59. The number of fused-ring (bicyclic) bond motifs is 1. The molecule has 1 aromatic rings. The summed E-state index contributed by atoms with van der Waals surface area (Å²) in [6, 6.07) is 9.76. The molecule has 0 heterocycles. The van der Waals surface area contributed by atoms with E-state index in [1.807, 2.05) is 30.3 Å². The maximum atomic E-state index is 13.2. The molecule has 3 saturated carbocycles. The molecule has 3 fully saturated rings. The second-order valence-electron chi connectivity index (χ2n) is 11.2. The molecule has 182 valence electrons. The lowest BCUT2D eigenvalue weighted by Crippen LogP contribution is -2.36. The highest BCUT2D eigenvalue weighted by Gasteiger charge is 2.50. The Morgan fingerprint density at radius 2 is 1.85 bits per heavy atom. The van der Waals surface area contributed by atoms with Crippen molar-refractivity contribution in [2.45, 2.75) is 88.7 Å². The maximum absolute atomic E-state index is 13.2. The van der Waals surface area contributed by atoms with Crippen molar-refractivity contribution < 1.29 is 14.4 Å². The number of rotatable bonds is 6. The highest BCUT2D eigenvalue weighted by atomic mass is 32.2. The van der Waals surface area contributed by atoms with E-state index in [0.29, 0.717) is 48.2 Å².